The van der Waals surface area contributed by atoms with Gasteiger partial charge in [0.25, 0.3) is 0 Å². The minimum Gasteiger partial charge on any atom is -0.135 e. The van der Waals surface area contributed by atoms with E-state index in [1.807, 2.05) is 11.3 Å². The van der Waals surface area contributed by atoms with Crippen LogP contribution in [-0.2, 0) is 0 Å². The van der Waals surface area contributed by atoms with Crippen molar-refractivity contribution in [3.63, 3.8) is 0 Å². The Labute approximate surface area is 254 Å². The van der Waals surface area contributed by atoms with Crippen molar-refractivity contribution in [2.24, 2.45) is 0 Å². The zero-order valence-electron chi connectivity index (χ0n) is 23.4. The Morgan fingerprint density at radius 3 is 1.65 bits per heavy atom. The molecule has 1 aromatic heterocycles. The molecule has 1 heterocycles. The molecule has 0 atom stereocenters. The van der Waals surface area contributed by atoms with E-state index in [2.05, 4.69) is 158 Å². The third kappa shape index (κ3) is 3.82. The van der Waals surface area contributed by atoms with Crippen LogP contribution in [0.25, 0.3) is 85.9 Å². The van der Waals surface area contributed by atoms with Gasteiger partial charge in [-0.2, -0.15) is 0 Å². The van der Waals surface area contributed by atoms with Gasteiger partial charge in [-0.3, -0.25) is 0 Å². The molecule has 0 N–H and O–H groups in total. The quantitative estimate of drug-likeness (QED) is 0.188. The zero-order chi connectivity index (χ0) is 28.3. The molecule has 9 rings (SSSR count). The Kier molecular flexibility index (Phi) is 5.47. The van der Waals surface area contributed by atoms with E-state index in [4.69, 9.17) is 0 Å². The summed E-state index contributed by atoms with van der Waals surface area (Å²) in [6.07, 6.45) is 0. The maximum Gasteiger partial charge on any atom is 0.0361 e. The minimum atomic E-state index is 1.24. The Morgan fingerprint density at radius 2 is 0.907 bits per heavy atom. The van der Waals surface area contributed by atoms with Gasteiger partial charge in [0, 0.05) is 20.2 Å². The van der Waals surface area contributed by atoms with Crippen molar-refractivity contribution >= 4 is 63.8 Å². The standard InChI is InChI=1S/C42H26S/c1-2-11-27(12-3-1)29-22-21-28-13-10-19-37(38(28)25-29)42-35-17-6-4-15-33(35)41(34-16-5-7-18-36(34)42)30-23-24-32-31-14-8-9-20-39(31)43-40(32)26-30/h1-26H. The molecule has 1 heteroatoms. The lowest BCUT2D eigenvalue weighted by Crippen LogP contribution is -1.91. The molecule has 0 unspecified atom stereocenters. The fourth-order valence-corrected chi connectivity index (χ4v) is 8.06. The van der Waals surface area contributed by atoms with Crippen LogP contribution in [0.2, 0.25) is 0 Å². The number of hydrogen-bond donors (Lipinski definition) is 0. The first-order valence-electron chi connectivity index (χ1n) is 14.8. The summed E-state index contributed by atoms with van der Waals surface area (Å²) in [6, 6.07) is 58.0. The molecule has 43 heavy (non-hydrogen) atoms. The average molecular weight is 563 g/mol. The molecule has 0 radical (unpaired) electrons. The Bertz CT molecular complexity index is 2440. The van der Waals surface area contributed by atoms with Gasteiger partial charge in [-0.25, -0.2) is 0 Å². The number of rotatable bonds is 3. The maximum atomic E-state index is 2.40. The second-order valence-electron chi connectivity index (χ2n) is 11.3. The highest BCUT2D eigenvalue weighted by Crippen LogP contribution is 2.46. The van der Waals surface area contributed by atoms with Gasteiger partial charge in [0.1, 0.15) is 0 Å². The molecule has 0 bridgehead atoms. The summed E-state index contributed by atoms with van der Waals surface area (Å²) in [5.74, 6) is 0. The Morgan fingerprint density at radius 1 is 0.302 bits per heavy atom. The first-order chi connectivity index (χ1) is 21.3. The number of benzene rings is 8. The fourth-order valence-electron chi connectivity index (χ4n) is 6.91. The molecule has 200 valence electrons. The van der Waals surface area contributed by atoms with Crippen LogP contribution in [0.1, 0.15) is 0 Å². The van der Waals surface area contributed by atoms with Crippen LogP contribution in [0.4, 0.5) is 0 Å². The maximum absolute atomic E-state index is 2.40. The van der Waals surface area contributed by atoms with Crippen LogP contribution in [0.3, 0.4) is 0 Å². The summed E-state index contributed by atoms with van der Waals surface area (Å²) < 4.78 is 2.67. The number of fused-ring (bicyclic) bond motifs is 6. The highest BCUT2D eigenvalue weighted by molar-refractivity contribution is 7.25. The lowest BCUT2D eigenvalue weighted by atomic mass is 9.84. The van der Waals surface area contributed by atoms with Gasteiger partial charge in [0.2, 0.25) is 0 Å². The number of hydrogen-bond acceptors (Lipinski definition) is 1. The summed E-state index contributed by atoms with van der Waals surface area (Å²) in [4.78, 5) is 0. The van der Waals surface area contributed by atoms with E-state index in [0.717, 1.165) is 0 Å². The topological polar surface area (TPSA) is 0 Å². The van der Waals surface area contributed by atoms with Crippen LogP contribution < -0.4 is 0 Å². The average Bonchev–Trinajstić information content (AvgIpc) is 3.45. The van der Waals surface area contributed by atoms with E-state index >= 15 is 0 Å². The first-order valence-corrected chi connectivity index (χ1v) is 15.6. The molecule has 8 aromatic carbocycles. The van der Waals surface area contributed by atoms with E-state index in [1.165, 1.54) is 85.9 Å². The molecular formula is C42H26S. The summed E-state index contributed by atoms with van der Waals surface area (Å²) >= 11 is 1.88. The van der Waals surface area contributed by atoms with Crippen molar-refractivity contribution in [3.05, 3.63) is 158 Å². The lowest BCUT2D eigenvalue weighted by molar-refractivity contribution is 1.64. The largest absolute Gasteiger partial charge is 0.135 e. The van der Waals surface area contributed by atoms with Crippen molar-refractivity contribution < 1.29 is 0 Å². The molecule has 0 aliphatic heterocycles. The van der Waals surface area contributed by atoms with Gasteiger partial charge < -0.3 is 0 Å². The van der Waals surface area contributed by atoms with E-state index in [-0.39, 0.29) is 0 Å². The molecule has 0 saturated heterocycles. The van der Waals surface area contributed by atoms with Crippen LogP contribution in [0.5, 0.6) is 0 Å². The van der Waals surface area contributed by atoms with Crippen molar-refractivity contribution in [1.82, 2.24) is 0 Å². The molecule has 0 nitrogen and oxygen atoms in total. The molecule has 0 aliphatic rings. The van der Waals surface area contributed by atoms with Gasteiger partial charge in [-0.15, -0.1) is 11.3 Å². The van der Waals surface area contributed by atoms with Gasteiger partial charge >= 0.3 is 0 Å². The monoisotopic (exact) mass is 562 g/mol. The number of thiophene rings is 1. The van der Waals surface area contributed by atoms with Crippen molar-refractivity contribution in [2.45, 2.75) is 0 Å². The zero-order valence-corrected chi connectivity index (χ0v) is 24.2. The van der Waals surface area contributed by atoms with E-state index in [1.54, 1.807) is 0 Å². The van der Waals surface area contributed by atoms with Crippen molar-refractivity contribution in [1.29, 1.82) is 0 Å². The summed E-state index contributed by atoms with van der Waals surface area (Å²) in [6.45, 7) is 0. The van der Waals surface area contributed by atoms with Gasteiger partial charge in [0.15, 0.2) is 0 Å². The Hall–Kier alpha value is -5.24. The molecular weight excluding hydrogens is 537 g/mol. The van der Waals surface area contributed by atoms with E-state index in [9.17, 15) is 0 Å². The van der Waals surface area contributed by atoms with Gasteiger partial charge in [0.05, 0.1) is 0 Å². The smallest absolute Gasteiger partial charge is 0.0361 e. The van der Waals surface area contributed by atoms with Gasteiger partial charge in [-0.05, 0) is 83.9 Å². The second-order valence-corrected chi connectivity index (χ2v) is 12.3. The fraction of sp³-hybridized carbons (Fsp3) is 0. The second kappa shape index (κ2) is 9.66. The van der Waals surface area contributed by atoms with Crippen molar-refractivity contribution in [2.75, 3.05) is 0 Å². The third-order valence-corrected chi connectivity index (χ3v) is 9.99. The molecule has 0 amide bonds. The highest BCUT2D eigenvalue weighted by Gasteiger charge is 2.18. The van der Waals surface area contributed by atoms with Crippen LogP contribution in [0, 0.1) is 0 Å². The molecule has 9 aromatic rings. The normalized spacial score (nSPS) is 11.7. The highest BCUT2D eigenvalue weighted by atomic mass is 32.1. The SMILES string of the molecule is c1ccc(-c2ccc3cccc(-c4c5ccccc5c(-c5ccc6c(c5)sc5ccccc56)c5ccccc45)c3c2)cc1. The Balaban J connectivity index is 1.36. The molecule has 0 saturated carbocycles. The predicted molar refractivity (Wildman–Crippen MR) is 188 cm³/mol. The summed E-state index contributed by atoms with van der Waals surface area (Å²) in [5.41, 5.74) is 7.62. The molecule has 0 fully saturated rings. The van der Waals surface area contributed by atoms with Crippen LogP contribution in [0.15, 0.2) is 158 Å². The van der Waals surface area contributed by atoms with E-state index in [0.29, 0.717) is 0 Å². The van der Waals surface area contributed by atoms with Gasteiger partial charge in [-0.1, -0.05) is 140 Å². The summed E-state index contributed by atoms with van der Waals surface area (Å²) in [7, 11) is 0. The van der Waals surface area contributed by atoms with E-state index < -0.39 is 0 Å². The molecule has 0 spiro atoms. The molecule has 0 aliphatic carbocycles. The first kappa shape index (κ1) is 24.4. The van der Waals surface area contributed by atoms with Crippen molar-refractivity contribution in [3.8, 4) is 33.4 Å². The summed E-state index contributed by atoms with van der Waals surface area (Å²) in [5, 5.41) is 10.3. The minimum absolute atomic E-state index is 1.24. The lowest BCUT2D eigenvalue weighted by Gasteiger charge is -2.19. The van der Waals surface area contributed by atoms with Crippen LogP contribution >= 0.6 is 11.3 Å². The predicted octanol–water partition coefficient (Wildman–Crippen LogP) is 12.5. The third-order valence-electron chi connectivity index (χ3n) is 8.86. The van der Waals surface area contributed by atoms with Crippen LogP contribution in [-0.4, -0.2) is 0 Å².